The minimum Gasteiger partial charge on any atom is -0.495 e. The van der Waals surface area contributed by atoms with Crippen LogP contribution in [0, 0.1) is 5.92 Å². The van der Waals surface area contributed by atoms with Crippen molar-refractivity contribution in [3.63, 3.8) is 0 Å². The van der Waals surface area contributed by atoms with Gasteiger partial charge in [0.15, 0.2) is 0 Å². The molecule has 0 saturated carbocycles. The summed E-state index contributed by atoms with van der Waals surface area (Å²) in [6.45, 7) is 4.92. The van der Waals surface area contributed by atoms with Crippen LogP contribution in [-0.2, 0) is 23.9 Å². The lowest BCUT2D eigenvalue weighted by Crippen LogP contribution is -2.36. The summed E-state index contributed by atoms with van der Waals surface area (Å²) in [5.41, 5.74) is 4.88. The van der Waals surface area contributed by atoms with E-state index in [2.05, 4.69) is 10.3 Å². The van der Waals surface area contributed by atoms with Crippen molar-refractivity contribution in [1.29, 1.82) is 0 Å². The molecule has 10 heteroatoms. The average Bonchev–Trinajstić information content (AvgIpc) is 3.42. The van der Waals surface area contributed by atoms with E-state index in [1.807, 2.05) is 35.7 Å². The van der Waals surface area contributed by atoms with Crippen LogP contribution in [0.4, 0.5) is 5.69 Å². The highest BCUT2D eigenvalue weighted by atomic mass is 32.1. The number of carbonyl (C=O) groups excluding carboxylic acids is 3. The van der Waals surface area contributed by atoms with Gasteiger partial charge in [0.2, 0.25) is 5.91 Å². The summed E-state index contributed by atoms with van der Waals surface area (Å²) in [6, 6.07) is 13.0. The fourth-order valence-corrected chi connectivity index (χ4v) is 5.70. The molecule has 0 bridgehead atoms. The molecule has 202 valence electrons. The number of nitrogens with one attached hydrogen (secondary N) is 1. The zero-order valence-corrected chi connectivity index (χ0v) is 23.3. The van der Waals surface area contributed by atoms with Crippen molar-refractivity contribution in [3.8, 4) is 27.6 Å². The Morgan fingerprint density at radius 3 is 2.41 bits per heavy atom. The fraction of sp³-hybridized carbons (Fsp3) is 0.276. The molecule has 4 rings (SSSR count). The molecule has 0 fully saturated rings. The topological polar surface area (TPSA) is 116 Å². The van der Waals surface area contributed by atoms with E-state index in [1.165, 1.54) is 39.6 Å². The first-order valence-electron chi connectivity index (χ1n) is 12.1. The second-order valence-corrected chi connectivity index (χ2v) is 9.80. The number of methoxy groups -OCH3 is 3. The third-order valence-corrected chi connectivity index (χ3v) is 7.40. The van der Waals surface area contributed by atoms with Gasteiger partial charge in [0.25, 0.3) is 0 Å². The maximum Gasteiger partial charge on any atom is 0.336 e. The normalized spacial score (nSPS) is 16.8. The van der Waals surface area contributed by atoms with E-state index in [0.29, 0.717) is 39.1 Å². The molecule has 1 N–H and O–H groups in total. The van der Waals surface area contributed by atoms with Crippen molar-refractivity contribution in [2.75, 3.05) is 26.6 Å². The van der Waals surface area contributed by atoms with Gasteiger partial charge in [0, 0.05) is 40.8 Å². The Balaban J connectivity index is 1.84. The number of thiazole rings is 1. The first-order valence-corrected chi connectivity index (χ1v) is 13.0. The van der Waals surface area contributed by atoms with Crippen LogP contribution in [0.15, 0.2) is 64.1 Å². The first kappa shape index (κ1) is 27.7. The zero-order chi connectivity index (χ0) is 28.3. The number of hydrogen-bond donors (Lipinski definition) is 1. The molecular weight excluding hydrogens is 518 g/mol. The number of benzene rings is 2. The molecule has 9 nitrogen and oxygen atoms in total. The molecule has 3 aromatic rings. The summed E-state index contributed by atoms with van der Waals surface area (Å²) >= 11 is 1.43. The summed E-state index contributed by atoms with van der Waals surface area (Å²) in [4.78, 5) is 47.0. The quantitative estimate of drug-likeness (QED) is 0.402. The lowest BCUT2D eigenvalue weighted by Gasteiger charge is -2.32. The van der Waals surface area contributed by atoms with E-state index < -0.39 is 23.8 Å². The summed E-state index contributed by atoms with van der Waals surface area (Å²) in [5.74, 6) is -2.21. The highest BCUT2D eigenvalue weighted by Crippen LogP contribution is 2.44. The summed E-state index contributed by atoms with van der Waals surface area (Å²) < 4.78 is 15.6. The second-order valence-electron chi connectivity index (χ2n) is 8.94. The van der Waals surface area contributed by atoms with Crippen molar-refractivity contribution in [2.45, 2.75) is 26.7 Å². The van der Waals surface area contributed by atoms with Crippen LogP contribution in [-0.4, -0.2) is 49.9 Å². The standard InChI is InChI=1S/C29H29N3O6S/c1-15-24(28(34)37-5)26(25(16(2)30-15)29(35)38-6)19-9-7-8-10-20(19)27-32-22(14-39-27)18-11-12-23(36-4)21(13-18)31-17(3)33/h7-14,24,26H,1-6H3,(H,31,33). The number of allylic oxidation sites excluding steroid dienone is 1. The van der Waals surface area contributed by atoms with Gasteiger partial charge in [-0.15, -0.1) is 11.3 Å². The molecule has 2 unspecified atom stereocenters. The van der Waals surface area contributed by atoms with Crippen LogP contribution in [0.5, 0.6) is 5.75 Å². The van der Waals surface area contributed by atoms with Crippen LogP contribution in [0.3, 0.4) is 0 Å². The molecular formula is C29H29N3O6S. The SMILES string of the molecule is COC(=O)C1=C(C)N=C(C)C(C(=O)OC)C1c1ccccc1-c1nc(-c2ccc(OC)c(NC(C)=O)c2)cs1. The Morgan fingerprint density at radius 1 is 1.00 bits per heavy atom. The highest BCUT2D eigenvalue weighted by molar-refractivity contribution is 7.13. The minimum atomic E-state index is -0.810. The van der Waals surface area contributed by atoms with Gasteiger partial charge >= 0.3 is 11.9 Å². The number of nitrogens with zero attached hydrogens (tertiary/aromatic N) is 2. The van der Waals surface area contributed by atoms with E-state index in [0.717, 1.165) is 16.7 Å². The number of aromatic nitrogens is 1. The van der Waals surface area contributed by atoms with Crippen molar-refractivity contribution >= 4 is 40.6 Å². The van der Waals surface area contributed by atoms with E-state index >= 15 is 0 Å². The number of amides is 1. The van der Waals surface area contributed by atoms with Crippen LogP contribution < -0.4 is 10.1 Å². The van der Waals surface area contributed by atoms with Crippen LogP contribution in [0.1, 0.15) is 32.3 Å². The largest absolute Gasteiger partial charge is 0.495 e. The number of rotatable bonds is 7. The van der Waals surface area contributed by atoms with Crippen LogP contribution in [0.25, 0.3) is 21.8 Å². The molecule has 1 aliphatic rings. The van der Waals surface area contributed by atoms with Gasteiger partial charge in [0.05, 0.1) is 38.3 Å². The van der Waals surface area contributed by atoms with Gasteiger partial charge in [-0.1, -0.05) is 24.3 Å². The minimum absolute atomic E-state index is 0.213. The molecule has 0 aliphatic carbocycles. The van der Waals surface area contributed by atoms with Gasteiger partial charge in [-0.25, -0.2) is 9.78 Å². The lowest BCUT2D eigenvalue weighted by molar-refractivity contribution is -0.143. The third-order valence-electron chi connectivity index (χ3n) is 6.53. The van der Waals surface area contributed by atoms with E-state index in [-0.39, 0.29) is 5.91 Å². The Morgan fingerprint density at radius 2 is 1.74 bits per heavy atom. The Kier molecular flexibility index (Phi) is 8.25. The molecule has 0 radical (unpaired) electrons. The smallest absolute Gasteiger partial charge is 0.336 e. The molecule has 39 heavy (non-hydrogen) atoms. The molecule has 0 saturated heterocycles. The van der Waals surface area contributed by atoms with Gasteiger partial charge in [-0.3, -0.25) is 14.6 Å². The molecule has 1 aliphatic heterocycles. The highest BCUT2D eigenvalue weighted by Gasteiger charge is 2.43. The first-order chi connectivity index (χ1) is 18.7. The number of anilines is 1. The van der Waals surface area contributed by atoms with E-state index in [4.69, 9.17) is 19.2 Å². The molecule has 2 heterocycles. The maximum absolute atomic E-state index is 13.0. The molecule has 1 amide bonds. The summed E-state index contributed by atoms with van der Waals surface area (Å²) in [7, 11) is 4.16. The molecule has 1 aromatic heterocycles. The summed E-state index contributed by atoms with van der Waals surface area (Å²) in [5, 5.41) is 5.40. The number of aliphatic imine (C=N–C) groups is 1. The van der Waals surface area contributed by atoms with Crippen molar-refractivity contribution in [1.82, 2.24) is 4.98 Å². The molecule has 0 spiro atoms. The Labute approximate surface area is 230 Å². The zero-order valence-electron chi connectivity index (χ0n) is 22.5. The van der Waals surface area contributed by atoms with E-state index in [9.17, 15) is 14.4 Å². The van der Waals surface area contributed by atoms with Gasteiger partial charge < -0.3 is 19.5 Å². The molecule has 2 aromatic carbocycles. The van der Waals surface area contributed by atoms with Crippen molar-refractivity contribution < 1.29 is 28.6 Å². The van der Waals surface area contributed by atoms with E-state index in [1.54, 1.807) is 26.0 Å². The lowest BCUT2D eigenvalue weighted by atomic mass is 9.74. The van der Waals surface area contributed by atoms with Crippen LogP contribution >= 0.6 is 11.3 Å². The number of carbonyl (C=O) groups is 3. The van der Waals surface area contributed by atoms with Crippen molar-refractivity contribution in [2.24, 2.45) is 10.9 Å². The van der Waals surface area contributed by atoms with Gasteiger partial charge in [-0.05, 0) is 37.6 Å². The molecule has 2 atom stereocenters. The number of esters is 2. The van der Waals surface area contributed by atoms with Gasteiger partial charge in [0.1, 0.15) is 16.7 Å². The number of hydrogen-bond acceptors (Lipinski definition) is 9. The predicted molar refractivity (Wildman–Crippen MR) is 150 cm³/mol. The monoisotopic (exact) mass is 547 g/mol. The average molecular weight is 548 g/mol. The number of ether oxygens (including phenoxy) is 3. The fourth-order valence-electron chi connectivity index (χ4n) is 4.83. The third kappa shape index (κ3) is 5.46. The summed E-state index contributed by atoms with van der Waals surface area (Å²) in [6.07, 6.45) is 0. The van der Waals surface area contributed by atoms with Crippen molar-refractivity contribution in [3.05, 3.63) is 64.7 Å². The Hall–Kier alpha value is -4.31. The second kappa shape index (κ2) is 11.6. The van der Waals surface area contributed by atoms with Gasteiger partial charge in [-0.2, -0.15) is 0 Å². The predicted octanol–water partition coefficient (Wildman–Crippen LogP) is 5.24. The Bertz CT molecular complexity index is 1510. The van der Waals surface area contributed by atoms with Crippen LogP contribution in [0.2, 0.25) is 0 Å². The maximum atomic E-state index is 13.0.